The highest BCUT2D eigenvalue weighted by Gasteiger charge is 2.17. The highest BCUT2D eigenvalue weighted by molar-refractivity contribution is 5.81. The second-order valence-electron chi connectivity index (χ2n) is 7.87. The van der Waals surface area contributed by atoms with Crippen LogP contribution in [0.4, 0.5) is 0 Å². The van der Waals surface area contributed by atoms with Crippen molar-refractivity contribution >= 4 is 0 Å². The molecule has 0 aliphatic carbocycles. The fourth-order valence-electron chi connectivity index (χ4n) is 3.26. The van der Waals surface area contributed by atoms with Gasteiger partial charge < -0.3 is 4.98 Å². The molecule has 2 heteroatoms. The second-order valence-corrected chi connectivity index (χ2v) is 7.87. The van der Waals surface area contributed by atoms with Crippen molar-refractivity contribution in [2.24, 2.45) is 0 Å². The Hall–Kier alpha value is -3.13. The lowest BCUT2D eigenvalue weighted by Gasteiger charge is -2.18. The van der Waals surface area contributed by atoms with Crippen LogP contribution in [0.5, 0.6) is 0 Å². The molecule has 0 amide bonds. The maximum Gasteiger partial charge on any atom is 0.138 e. The lowest BCUT2D eigenvalue weighted by Crippen LogP contribution is -2.10. The molecule has 2 nitrogen and oxygen atoms in total. The van der Waals surface area contributed by atoms with Gasteiger partial charge in [-0.15, -0.1) is 0 Å². The molecular formula is C25H24N2. The van der Waals surface area contributed by atoms with Crippen LogP contribution >= 0.6 is 0 Å². The van der Waals surface area contributed by atoms with E-state index in [1.165, 1.54) is 5.56 Å². The third-order valence-electron chi connectivity index (χ3n) is 4.84. The van der Waals surface area contributed by atoms with E-state index in [1.54, 1.807) is 0 Å². The van der Waals surface area contributed by atoms with Gasteiger partial charge in [0.2, 0.25) is 0 Å². The van der Waals surface area contributed by atoms with E-state index in [0.29, 0.717) is 0 Å². The summed E-state index contributed by atoms with van der Waals surface area (Å²) in [4.78, 5) is 8.52. The zero-order chi connectivity index (χ0) is 18.9. The summed E-state index contributed by atoms with van der Waals surface area (Å²) in [7, 11) is 0. The predicted octanol–water partition coefficient (Wildman–Crippen LogP) is 6.71. The quantitative estimate of drug-likeness (QED) is 0.436. The van der Waals surface area contributed by atoms with Crippen LogP contribution in [0.3, 0.4) is 0 Å². The molecule has 27 heavy (non-hydrogen) atoms. The van der Waals surface area contributed by atoms with E-state index in [-0.39, 0.29) is 5.41 Å². The van der Waals surface area contributed by atoms with Crippen LogP contribution in [0.1, 0.15) is 26.3 Å². The summed E-state index contributed by atoms with van der Waals surface area (Å²) >= 11 is 0. The van der Waals surface area contributed by atoms with E-state index in [4.69, 9.17) is 4.98 Å². The first kappa shape index (κ1) is 17.3. The standard InChI is InChI=1S/C25H24N2/c1-25(2,3)21-16-14-20(15-17-21)24-26-22(18-10-6-4-7-11-18)23(27-24)19-12-8-5-9-13-19/h4-17H,1-3H3,(H,26,27). The molecule has 0 atom stereocenters. The van der Waals surface area contributed by atoms with Crippen molar-refractivity contribution in [1.29, 1.82) is 0 Å². The SMILES string of the molecule is CC(C)(C)c1ccc(-c2nc(-c3ccccc3)c(-c3ccccc3)[nH]2)cc1. The summed E-state index contributed by atoms with van der Waals surface area (Å²) in [6.07, 6.45) is 0. The van der Waals surface area contributed by atoms with Crippen LogP contribution in [0, 0.1) is 0 Å². The minimum Gasteiger partial charge on any atom is -0.337 e. The fourth-order valence-corrected chi connectivity index (χ4v) is 3.26. The molecule has 1 aromatic heterocycles. The van der Waals surface area contributed by atoms with Crippen molar-refractivity contribution in [3.8, 4) is 33.9 Å². The van der Waals surface area contributed by atoms with Crippen LogP contribution in [0.2, 0.25) is 0 Å². The maximum atomic E-state index is 4.96. The maximum absolute atomic E-state index is 4.96. The van der Waals surface area contributed by atoms with Gasteiger partial charge in [0.15, 0.2) is 0 Å². The van der Waals surface area contributed by atoms with E-state index in [0.717, 1.165) is 33.9 Å². The number of hydrogen-bond donors (Lipinski definition) is 1. The van der Waals surface area contributed by atoms with Gasteiger partial charge in [0, 0.05) is 16.7 Å². The zero-order valence-corrected chi connectivity index (χ0v) is 16.0. The van der Waals surface area contributed by atoms with E-state index in [1.807, 2.05) is 12.1 Å². The molecule has 0 unspecified atom stereocenters. The average Bonchev–Trinajstić information content (AvgIpc) is 3.14. The van der Waals surface area contributed by atoms with Crippen LogP contribution < -0.4 is 0 Å². The molecule has 0 saturated heterocycles. The molecule has 0 radical (unpaired) electrons. The molecule has 0 bridgehead atoms. The van der Waals surface area contributed by atoms with Crippen LogP contribution in [0.25, 0.3) is 33.9 Å². The highest BCUT2D eigenvalue weighted by atomic mass is 14.9. The number of hydrogen-bond acceptors (Lipinski definition) is 1. The summed E-state index contributed by atoms with van der Waals surface area (Å²) < 4.78 is 0. The lowest BCUT2D eigenvalue weighted by molar-refractivity contribution is 0.590. The Kier molecular flexibility index (Phi) is 4.41. The third-order valence-corrected chi connectivity index (χ3v) is 4.84. The fraction of sp³-hybridized carbons (Fsp3) is 0.160. The summed E-state index contributed by atoms with van der Waals surface area (Å²) in [6, 6.07) is 29.4. The Bertz CT molecular complexity index is 964. The topological polar surface area (TPSA) is 28.7 Å². The van der Waals surface area contributed by atoms with Crippen molar-refractivity contribution in [2.45, 2.75) is 26.2 Å². The minimum absolute atomic E-state index is 0.145. The molecule has 0 saturated carbocycles. The second kappa shape index (κ2) is 6.88. The van der Waals surface area contributed by atoms with E-state index < -0.39 is 0 Å². The number of nitrogens with zero attached hydrogens (tertiary/aromatic N) is 1. The molecule has 1 N–H and O–H groups in total. The van der Waals surface area contributed by atoms with Gasteiger partial charge in [0.05, 0.1) is 11.4 Å². The number of aromatic amines is 1. The summed E-state index contributed by atoms with van der Waals surface area (Å²) in [6.45, 7) is 6.70. The number of nitrogens with one attached hydrogen (secondary N) is 1. The van der Waals surface area contributed by atoms with E-state index in [2.05, 4.69) is 98.6 Å². The van der Waals surface area contributed by atoms with Gasteiger partial charge in [-0.25, -0.2) is 4.98 Å². The van der Waals surface area contributed by atoms with Gasteiger partial charge in [-0.2, -0.15) is 0 Å². The highest BCUT2D eigenvalue weighted by Crippen LogP contribution is 2.33. The van der Waals surface area contributed by atoms with Crippen molar-refractivity contribution in [3.63, 3.8) is 0 Å². The predicted molar refractivity (Wildman–Crippen MR) is 114 cm³/mol. The monoisotopic (exact) mass is 352 g/mol. The molecule has 0 fully saturated rings. The number of benzene rings is 3. The third kappa shape index (κ3) is 3.56. The van der Waals surface area contributed by atoms with E-state index >= 15 is 0 Å². The molecule has 3 aromatic carbocycles. The first-order valence-corrected chi connectivity index (χ1v) is 9.34. The number of aromatic nitrogens is 2. The van der Waals surface area contributed by atoms with Gasteiger partial charge in [-0.1, -0.05) is 106 Å². The minimum atomic E-state index is 0.145. The number of H-pyrrole nitrogens is 1. The Labute approximate surface area is 160 Å². The molecule has 1 heterocycles. The molecular weight excluding hydrogens is 328 g/mol. The average molecular weight is 352 g/mol. The Morgan fingerprint density at radius 1 is 0.630 bits per heavy atom. The van der Waals surface area contributed by atoms with Crippen LogP contribution in [-0.4, -0.2) is 9.97 Å². The van der Waals surface area contributed by atoms with Gasteiger partial charge >= 0.3 is 0 Å². The molecule has 4 aromatic rings. The van der Waals surface area contributed by atoms with Crippen LogP contribution in [-0.2, 0) is 5.41 Å². The smallest absolute Gasteiger partial charge is 0.138 e. The van der Waals surface area contributed by atoms with Gasteiger partial charge in [0.1, 0.15) is 5.82 Å². The van der Waals surface area contributed by atoms with Gasteiger partial charge in [-0.3, -0.25) is 0 Å². The van der Waals surface area contributed by atoms with Crippen LogP contribution in [0.15, 0.2) is 84.9 Å². The summed E-state index contributed by atoms with van der Waals surface area (Å²) in [5.74, 6) is 0.896. The van der Waals surface area contributed by atoms with Gasteiger partial charge in [-0.05, 0) is 11.0 Å². The zero-order valence-electron chi connectivity index (χ0n) is 16.0. The lowest BCUT2D eigenvalue weighted by atomic mass is 9.87. The summed E-state index contributed by atoms with van der Waals surface area (Å²) in [5.41, 5.74) is 6.86. The Morgan fingerprint density at radius 3 is 1.74 bits per heavy atom. The van der Waals surface area contributed by atoms with Crippen molar-refractivity contribution in [2.75, 3.05) is 0 Å². The largest absolute Gasteiger partial charge is 0.337 e. The Morgan fingerprint density at radius 2 is 1.19 bits per heavy atom. The first-order valence-electron chi connectivity index (χ1n) is 9.34. The summed E-state index contributed by atoms with van der Waals surface area (Å²) in [5, 5.41) is 0. The number of rotatable bonds is 3. The first-order chi connectivity index (χ1) is 13.0. The molecule has 134 valence electrons. The van der Waals surface area contributed by atoms with E-state index in [9.17, 15) is 0 Å². The molecule has 4 rings (SSSR count). The number of imidazole rings is 1. The van der Waals surface area contributed by atoms with Crippen molar-refractivity contribution < 1.29 is 0 Å². The Balaban J connectivity index is 1.82. The van der Waals surface area contributed by atoms with Gasteiger partial charge in [0.25, 0.3) is 0 Å². The molecule has 0 aliphatic rings. The molecule has 0 spiro atoms. The van der Waals surface area contributed by atoms with Crippen molar-refractivity contribution in [3.05, 3.63) is 90.5 Å². The van der Waals surface area contributed by atoms with Crippen molar-refractivity contribution in [1.82, 2.24) is 9.97 Å². The normalized spacial score (nSPS) is 11.5. The molecule has 0 aliphatic heterocycles.